The first-order chi connectivity index (χ1) is 26.3. The molecule has 0 bridgehead atoms. The topological polar surface area (TPSA) is 90.4 Å². The van der Waals surface area contributed by atoms with Crippen LogP contribution in [0, 0.1) is 0 Å². The highest BCUT2D eigenvalue weighted by Crippen LogP contribution is 2.41. The van der Waals surface area contributed by atoms with E-state index >= 15 is 0 Å². The van der Waals surface area contributed by atoms with Gasteiger partial charge in [0.15, 0.2) is 22.6 Å². The molecule has 4 heterocycles. The van der Waals surface area contributed by atoms with Crippen LogP contribution in [0.3, 0.4) is 0 Å². The van der Waals surface area contributed by atoms with Gasteiger partial charge in [-0.15, -0.1) is 0 Å². The quantitative estimate of drug-likeness (QED) is 0.165. The van der Waals surface area contributed by atoms with Gasteiger partial charge >= 0.3 is 0 Å². The largest absolute Gasteiger partial charge is 0.310 e. The van der Waals surface area contributed by atoms with Crippen molar-refractivity contribution in [2.75, 3.05) is 4.90 Å². The smallest absolute Gasteiger partial charge is 0.198 e. The van der Waals surface area contributed by atoms with E-state index in [9.17, 15) is 0 Å². The van der Waals surface area contributed by atoms with Gasteiger partial charge in [-0.3, -0.25) is 9.13 Å². The second kappa shape index (κ2) is 12.7. The summed E-state index contributed by atoms with van der Waals surface area (Å²) in [6, 6.07) is 52.2. The van der Waals surface area contributed by atoms with Crippen LogP contribution in [0.2, 0.25) is 0 Å². The summed E-state index contributed by atoms with van der Waals surface area (Å²) < 4.78 is 4.13. The highest BCUT2D eigenvalue weighted by atomic mass is 15.2. The molecule has 0 aliphatic rings. The molecule has 0 amide bonds. The van der Waals surface area contributed by atoms with Crippen LogP contribution in [0.1, 0.15) is 0 Å². The van der Waals surface area contributed by atoms with Crippen LogP contribution < -0.4 is 4.90 Å². The molecule has 0 N–H and O–H groups in total. The molecule has 0 unspecified atom stereocenters. The normalized spacial score (nSPS) is 11.4. The molecule has 0 radical (unpaired) electrons. The van der Waals surface area contributed by atoms with Gasteiger partial charge < -0.3 is 4.90 Å². The first-order valence-electron chi connectivity index (χ1n) is 17.3. The fraction of sp³-hybridized carbons (Fsp3) is 0. The molecule has 250 valence electrons. The Bertz CT molecular complexity index is 2770. The van der Waals surface area contributed by atoms with E-state index in [0.29, 0.717) is 34.2 Å². The lowest BCUT2D eigenvalue weighted by Gasteiger charge is -2.27. The zero-order valence-electron chi connectivity index (χ0n) is 28.3. The Labute approximate surface area is 304 Å². The Morgan fingerprint density at radius 1 is 0.377 bits per heavy atom. The van der Waals surface area contributed by atoms with E-state index in [1.165, 1.54) is 5.39 Å². The molecule has 0 fully saturated rings. The predicted octanol–water partition coefficient (Wildman–Crippen LogP) is 9.90. The average molecular weight is 684 g/mol. The van der Waals surface area contributed by atoms with Crippen molar-refractivity contribution in [1.82, 2.24) is 39.0 Å². The molecule has 9 heteroatoms. The number of hydrogen-bond donors (Lipinski definition) is 0. The minimum absolute atomic E-state index is 0.553. The highest BCUT2D eigenvalue weighted by molar-refractivity contribution is 5.91. The van der Waals surface area contributed by atoms with Crippen molar-refractivity contribution in [3.05, 3.63) is 176 Å². The molecule has 53 heavy (non-hydrogen) atoms. The number of imidazole rings is 2. The van der Waals surface area contributed by atoms with Gasteiger partial charge in [-0.25, -0.2) is 29.9 Å². The van der Waals surface area contributed by atoms with E-state index in [2.05, 4.69) is 133 Å². The van der Waals surface area contributed by atoms with Gasteiger partial charge in [-0.2, -0.15) is 0 Å². The maximum Gasteiger partial charge on any atom is 0.198 e. The summed E-state index contributed by atoms with van der Waals surface area (Å²) >= 11 is 0. The van der Waals surface area contributed by atoms with Crippen LogP contribution in [0.4, 0.5) is 17.1 Å². The van der Waals surface area contributed by atoms with E-state index in [4.69, 9.17) is 19.9 Å². The van der Waals surface area contributed by atoms with Crippen molar-refractivity contribution in [3.63, 3.8) is 0 Å². The van der Waals surface area contributed by atoms with Gasteiger partial charge in [-0.05, 0) is 77.5 Å². The van der Waals surface area contributed by atoms with Crippen molar-refractivity contribution < 1.29 is 0 Å². The van der Waals surface area contributed by atoms with E-state index in [-0.39, 0.29) is 0 Å². The van der Waals surface area contributed by atoms with Gasteiger partial charge in [0.2, 0.25) is 0 Å². The summed E-state index contributed by atoms with van der Waals surface area (Å²) in [6.45, 7) is 0. The third-order valence-electron chi connectivity index (χ3n) is 9.32. The van der Waals surface area contributed by atoms with Gasteiger partial charge in [0.25, 0.3) is 0 Å². The van der Waals surface area contributed by atoms with Crippen molar-refractivity contribution in [1.29, 1.82) is 0 Å². The Morgan fingerprint density at radius 2 is 0.868 bits per heavy atom. The second-order valence-electron chi connectivity index (χ2n) is 12.6. The monoisotopic (exact) mass is 683 g/mol. The van der Waals surface area contributed by atoms with E-state index in [1.807, 2.05) is 42.5 Å². The molecule has 0 saturated carbocycles. The molecule has 0 aliphatic carbocycles. The summed E-state index contributed by atoms with van der Waals surface area (Å²) in [5, 5.41) is 2.32. The van der Waals surface area contributed by atoms with Gasteiger partial charge in [0.05, 0.1) is 0 Å². The summed E-state index contributed by atoms with van der Waals surface area (Å²) in [7, 11) is 0. The second-order valence-corrected chi connectivity index (χ2v) is 12.6. The number of aromatic nitrogens is 8. The van der Waals surface area contributed by atoms with Crippen LogP contribution in [-0.2, 0) is 0 Å². The molecule has 10 rings (SSSR count). The van der Waals surface area contributed by atoms with E-state index in [0.717, 1.165) is 45.0 Å². The molecule has 10 aromatic rings. The lowest BCUT2D eigenvalue weighted by Crippen LogP contribution is -2.11. The lowest BCUT2D eigenvalue weighted by atomic mass is 10.0. The number of benzene rings is 6. The van der Waals surface area contributed by atoms with Crippen molar-refractivity contribution in [2.45, 2.75) is 0 Å². The number of para-hydroxylation sites is 3. The molecule has 0 saturated heterocycles. The standard InChI is InChI=1S/C44H29N9/c1-4-14-34(15-5-1)51(37-21-20-30-12-10-11-13-31(30)27-37)38-28-32(41-49-39-43(47-24-22-45-39)52(41)35-16-6-2-7-17-35)26-33(29-38)42-50-40-44(48-25-23-46-40)53(42)36-18-8-3-9-19-36/h1-29H. The van der Waals surface area contributed by atoms with Crippen LogP contribution >= 0.6 is 0 Å². The SMILES string of the molecule is c1ccc(N(c2cc(-c3nc4nccnc4n3-c3ccccc3)cc(-c3nc4nccnc4n3-c3ccccc3)c2)c2ccc3ccccc3c2)cc1. The lowest BCUT2D eigenvalue weighted by molar-refractivity contribution is 1.07. The maximum atomic E-state index is 5.12. The van der Waals surface area contributed by atoms with Crippen molar-refractivity contribution in [2.24, 2.45) is 0 Å². The zero-order valence-corrected chi connectivity index (χ0v) is 28.3. The summed E-state index contributed by atoms with van der Waals surface area (Å²) in [5.41, 5.74) is 8.94. The number of rotatable bonds is 7. The summed E-state index contributed by atoms with van der Waals surface area (Å²) in [6.07, 6.45) is 6.76. The number of hydrogen-bond acceptors (Lipinski definition) is 7. The minimum atomic E-state index is 0.553. The van der Waals surface area contributed by atoms with Crippen molar-refractivity contribution in [3.8, 4) is 34.2 Å². The molecular formula is C44H29N9. The fourth-order valence-electron chi connectivity index (χ4n) is 6.99. The van der Waals surface area contributed by atoms with Crippen molar-refractivity contribution >= 4 is 50.4 Å². The van der Waals surface area contributed by atoms with E-state index < -0.39 is 0 Å². The van der Waals surface area contributed by atoms with Crippen LogP contribution in [-0.4, -0.2) is 39.0 Å². The number of nitrogens with zero attached hydrogens (tertiary/aromatic N) is 9. The first kappa shape index (κ1) is 30.3. The average Bonchev–Trinajstić information content (AvgIpc) is 3.82. The molecule has 0 spiro atoms. The first-order valence-corrected chi connectivity index (χ1v) is 17.3. The molecule has 6 aromatic carbocycles. The van der Waals surface area contributed by atoms with Gasteiger partial charge in [-0.1, -0.05) is 84.9 Å². The Hall–Kier alpha value is -7.52. The zero-order chi connectivity index (χ0) is 35.1. The van der Waals surface area contributed by atoms with E-state index in [1.54, 1.807) is 24.8 Å². The molecule has 0 aliphatic heterocycles. The highest BCUT2D eigenvalue weighted by Gasteiger charge is 2.23. The fourth-order valence-corrected chi connectivity index (χ4v) is 6.99. The van der Waals surface area contributed by atoms with Crippen LogP contribution in [0.5, 0.6) is 0 Å². The third kappa shape index (κ3) is 5.35. The number of anilines is 3. The number of fused-ring (bicyclic) bond motifs is 3. The van der Waals surface area contributed by atoms with Gasteiger partial charge in [0, 0.05) is 64.4 Å². The Morgan fingerprint density at radius 3 is 1.43 bits per heavy atom. The van der Waals surface area contributed by atoms with Crippen LogP contribution in [0.25, 0.3) is 67.5 Å². The molecule has 0 atom stereocenters. The maximum absolute atomic E-state index is 5.12. The Balaban J connectivity index is 1.29. The Kier molecular flexibility index (Phi) is 7.25. The summed E-state index contributed by atoms with van der Waals surface area (Å²) in [5.74, 6) is 1.40. The molecular weight excluding hydrogens is 655 g/mol. The minimum Gasteiger partial charge on any atom is -0.310 e. The van der Waals surface area contributed by atoms with Gasteiger partial charge in [0.1, 0.15) is 11.6 Å². The molecule has 9 nitrogen and oxygen atoms in total. The third-order valence-corrected chi connectivity index (χ3v) is 9.32. The summed E-state index contributed by atoms with van der Waals surface area (Å²) in [4.78, 5) is 31.2. The molecule has 4 aromatic heterocycles. The van der Waals surface area contributed by atoms with Crippen LogP contribution in [0.15, 0.2) is 176 Å². The predicted molar refractivity (Wildman–Crippen MR) is 210 cm³/mol.